The molecule has 0 radical (unpaired) electrons. The zero-order valence-electron chi connectivity index (χ0n) is 11.4. The standard InChI is InChI=1S/C15H15N3O2/c1-10-11(2)20-15(18-10)12-4-3-5-13(6-12)16-7-14-8-19-9-17-14/h3-6,8-9,16H,7H2,1-2H3. The highest BCUT2D eigenvalue weighted by Gasteiger charge is 2.08. The Labute approximate surface area is 116 Å². The molecule has 2 aromatic heterocycles. The van der Waals surface area contributed by atoms with Gasteiger partial charge >= 0.3 is 0 Å². The predicted molar refractivity (Wildman–Crippen MR) is 75.2 cm³/mol. The number of oxazole rings is 2. The van der Waals surface area contributed by atoms with Gasteiger partial charge in [-0.25, -0.2) is 9.97 Å². The van der Waals surface area contributed by atoms with E-state index in [1.807, 2.05) is 38.1 Å². The molecule has 1 aromatic carbocycles. The molecule has 0 saturated heterocycles. The molecule has 0 bridgehead atoms. The van der Waals surface area contributed by atoms with Crippen molar-refractivity contribution < 1.29 is 8.83 Å². The van der Waals surface area contributed by atoms with Crippen molar-refractivity contribution in [1.29, 1.82) is 0 Å². The fourth-order valence-corrected chi connectivity index (χ4v) is 1.88. The summed E-state index contributed by atoms with van der Waals surface area (Å²) >= 11 is 0. The molecule has 3 aromatic rings. The van der Waals surface area contributed by atoms with Crippen LogP contribution in [0.1, 0.15) is 17.1 Å². The fourth-order valence-electron chi connectivity index (χ4n) is 1.88. The Bertz CT molecular complexity index is 682. The number of rotatable bonds is 4. The van der Waals surface area contributed by atoms with Crippen LogP contribution in [0.2, 0.25) is 0 Å². The third-order valence-electron chi connectivity index (χ3n) is 3.10. The largest absolute Gasteiger partial charge is 0.451 e. The molecule has 0 spiro atoms. The van der Waals surface area contributed by atoms with Crippen LogP contribution in [-0.2, 0) is 6.54 Å². The number of nitrogens with one attached hydrogen (secondary N) is 1. The monoisotopic (exact) mass is 269 g/mol. The Morgan fingerprint density at radius 1 is 1.25 bits per heavy atom. The van der Waals surface area contributed by atoms with Gasteiger partial charge in [0.25, 0.3) is 0 Å². The van der Waals surface area contributed by atoms with Crippen molar-refractivity contribution in [1.82, 2.24) is 9.97 Å². The maximum absolute atomic E-state index is 5.64. The molecule has 0 unspecified atom stereocenters. The minimum Gasteiger partial charge on any atom is -0.451 e. The third kappa shape index (κ3) is 2.56. The molecule has 2 heterocycles. The predicted octanol–water partition coefficient (Wildman–Crippen LogP) is 3.56. The zero-order valence-corrected chi connectivity index (χ0v) is 11.4. The highest BCUT2D eigenvalue weighted by Crippen LogP contribution is 2.24. The van der Waals surface area contributed by atoms with Crippen molar-refractivity contribution in [2.24, 2.45) is 0 Å². The Kier molecular flexibility index (Phi) is 3.25. The second-order valence-corrected chi connectivity index (χ2v) is 4.57. The van der Waals surface area contributed by atoms with Gasteiger partial charge in [-0.1, -0.05) is 6.07 Å². The summed E-state index contributed by atoms with van der Waals surface area (Å²) in [7, 11) is 0. The van der Waals surface area contributed by atoms with E-state index in [1.165, 1.54) is 6.39 Å². The SMILES string of the molecule is Cc1nc(-c2cccc(NCc3cocn3)c2)oc1C. The average molecular weight is 269 g/mol. The Morgan fingerprint density at radius 2 is 2.15 bits per heavy atom. The van der Waals surface area contributed by atoms with Crippen LogP contribution in [0.4, 0.5) is 5.69 Å². The number of benzene rings is 1. The van der Waals surface area contributed by atoms with E-state index in [4.69, 9.17) is 8.83 Å². The summed E-state index contributed by atoms with van der Waals surface area (Å²) < 4.78 is 10.6. The lowest BCUT2D eigenvalue weighted by molar-refractivity contribution is 0.541. The van der Waals surface area contributed by atoms with Crippen LogP contribution < -0.4 is 5.32 Å². The van der Waals surface area contributed by atoms with Crippen LogP contribution in [0.15, 0.2) is 45.8 Å². The van der Waals surface area contributed by atoms with Crippen LogP contribution in [0.3, 0.4) is 0 Å². The van der Waals surface area contributed by atoms with E-state index in [0.717, 1.165) is 28.4 Å². The summed E-state index contributed by atoms with van der Waals surface area (Å²) in [5.41, 5.74) is 3.71. The minimum absolute atomic E-state index is 0.615. The van der Waals surface area contributed by atoms with E-state index in [0.29, 0.717) is 12.4 Å². The van der Waals surface area contributed by atoms with E-state index in [-0.39, 0.29) is 0 Å². The summed E-state index contributed by atoms with van der Waals surface area (Å²) in [5, 5.41) is 3.29. The number of aromatic nitrogens is 2. The van der Waals surface area contributed by atoms with E-state index in [2.05, 4.69) is 15.3 Å². The van der Waals surface area contributed by atoms with E-state index in [9.17, 15) is 0 Å². The molecule has 102 valence electrons. The molecule has 0 atom stereocenters. The van der Waals surface area contributed by atoms with Gasteiger partial charge in [0.15, 0.2) is 6.39 Å². The van der Waals surface area contributed by atoms with Crippen LogP contribution in [0, 0.1) is 13.8 Å². The topological polar surface area (TPSA) is 64.1 Å². The molecule has 0 saturated carbocycles. The maximum Gasteiger partial charge on any atom is 0.226 e. The first kappa shape index (κ1) is 12.5. The lowest BCUT2D eigenvalue weighted by atomic mass is 10.2. The summed E-state index contributed by atoms with van der Waals surface area (Å²) in [6.45, 7) is 4.47. The Balaban J connectivity index is 1.78. The fraction of sp³-hybridized carbons (Fsp3) is 0.200. The second kappa shape index (κ2) is 5.21. The highest BCUT2D eigenvalue weighted by atomic mass is 16.4. The van der Waals surface area contributed by atoms with E-state index < -0.39 is 0 Å². The molecular formula is C15H15N3O2. The van der Waals surface area contributed by atoms with Gasteiger partial charge in [0.2, 0.25) is 5.89 Å². The quantitative estimate of drug-likeness (QED) is 0.784. The number of hydrogen-bond acceptors (Lipinski definition) is 5. The van der Waals surface area contributed by atoms with E-state index >= 15 is 0 Å². The number of anilines is 1. The van der Waals surface area contributed by atoms with Gasteiger partial charge in [-0.2, -0.15) is 0 Å². The normalized spacial score (nSPS) is 10.7. The zero-order chi connectivity index (χ0) is 13.9. The Hall–Kier alpha value is -2.56. The number of nitrogens with zero attached hydrogens (tertiary/aromatic N) is 2. The first-order valence-corrected chi connectivity index (χ1v) is 6.38. The van der Waals surface area contributed by atoms with Crippen molar-refractivity contribution >= 4 is 5.69 Å². The van der Waals surface area contributed by atoms with Gasteiger partial charge in [0.05, 0.1) is 17.9 Å². The molecular weight excluding hydrogens is 254 g/mol. The third-order valence-corrected chi connectivity index (χ3v) is 3.10. The molecule has 0 aliphatic carbocycles. The summed E-state index contributed by atoms with van der Waals surface area (Å²) in [6, 6.07) is 7.94. The van der Waals surface area contributed by atoms with Gasteiger partial charge < -0.3 is 14.2 Å². The molecule has 0 fully saturated rings. The lowest BCUT2D eigenvalue weighted by Crippen LogP contribution is -1.99. The molecule has 0 aliphatic heterocycles. The molecule has 3 rings (SSSR count). The summed E-state index contributed by atoms with van der Waals surface area (Å²) in [5.74, 6) is 1.49. The van der Waals surface area contributed by atoms with Crippen molar-refractivity contribution in [2.75, 3.05) is 5.32 Å². The second-order valence-electron chi connectivity index (χ2n) is 4.57. The summed E-state index contributed by atoms with van der Waals surface area (Å²) in [4.78, 5) is 8.48. The molecule has 5 nitrogen and oxygen atoms in total. The van der Waals surface area contributed by atoms with E-state index in [1.54, 1.807) is 6.26 Å². The smallest absolute Gasteiger partial charge is 0.226 e. The van der Waals surface area contributed by atoms with Crippen molar-refractivity contribution in [3.05, 3.63) is 54.1 Å². The highest BCUT2D eigenvalue weighted by molar-refractivity contribution is 5.61. The molecule has 5 heteroatoms. The summed E-state index contributed by atoms with van der Waals surface area (Å²) in [6.07, 6.45) is 3.05. The van der Waals surface area contributed by atoms with Gasteiger partial charge in [-0.05, 0) is 32.0 Å². The number of hydrogen-bond donors (Lipinski definition) is 1. The van der Waals surface area contributed by atoms with Gasteiger partial charge in [0, 0.05) is 11.3 Å². The lowest BCUT2D eigenvalue weighted by Gasteiger charge is -2.05. The van der Waals surface area contributed by atoms with Gasteiger partial charge in [-0.3, -0.25) is 0 Å². The molecule has 20 heavy (non-hydrogen) atoms. The van der Waals surface area contributed by atoms with Crippen LogP contribution in [0.25, 0.3) is 11.5 Å². The molecule has 1 N–H and O–H groups in total. The first-order chi connectivity index (χ1) is 9.72. The average Bonchev–Trinajstić information content (AvgIpc) is 3.08. The van der Waals surface area contributed by atoms with Crippen molar-refractivity contribution in [3.8, 4) is 11.5 Å². The van der Waals surface area contributed by atoms with Gasteiger partial charge in [0.1, 0.15) is 12.0 Å². The van der Waals surface area contributed by atoms with Crippen LogP contribution in [-0.4, -0.2) is 9.97 Å². The number of aryl methyl sites for hydroxylation is 2. The van der Waals surface area contributed by atoms with Crippen molar-refractivity contribution in [2.45, 2.75) is 20.4 Å². The van der Waals surface area contributed by atoms with Crippen molar-refractivity contribution in [3.63, 3.8) is 0 Å². The molecule has 0 aliphatic rings. The van der Waals surface area contributed by atoms with Crippen LogP contribution in [0.5, 0.6) is 0 Å². The molecule has 0 amide bonds. The maximum atomic E-state index is 5.64. The minimum atomic E-state index is 0.615. The first-order valence-electron chi connectivity index (χ1n) is 6.38. The van der Waals surface area contributed by atoms with Crippen LogP contribution >= 0.6 is 0 Å². The van der Waals surface area contributed by atoms with Gasteiger partial charge in [-0.15, -0.1) is 0 Å². The Morgan fingerprint density at radius 3 is 2.85 bits per heavy atom.